The summed E-state index contributed by atoms with van der Waals surface area (Å²) >= 11 is 0. The molecule has 6 nitrogen and oxygen atoms in total. The molecule has 2 saturated heterocycles. The van der Waals surface area contributed by atoms with Gasteiger partial charge >= 0.3 is 0 Å². The van der Waals surface area contributed by atoms with Crippen molar-refractivity contribution in [2.75, 3.05) is 44.7 Å². The number of piperidine rings is 1. The molecule has 0 aliphatic carbocycles. The fourth-order valence-electron chi connectivity index (χ4n) is 3.41. The molecule has 2 N–H and O–H groups in total. The van der Waals surface area contributed by atoms with E-state index in [9.17, 15) is 8.42 Å². The van der Waals surface area contributed by atoms with Crippen LogP contribution in [0.25, 0.3) is 0 Å². The minimum atomic E-state index is -2.81. The molecule has 2 heterocycles. The van der Waals surface area contributed by atoms with Crippen LogP contribution in [-0.2, 0) is 9.84 Å². The fraction of sp³-hybridized carbons (Fsp3) is 0.938. The molecule has 1 unspecified atom stereocenters. The van der Waals surface area contributed by atoms with Crippen LogP contribution < -0.4 is 10.6 Å². The molecule has 0 aromatic rings. The molecule has 2 aliphatic heterocycles. The molecule has 2 rings (SSSR count). The van der Waals surface area contributed by atoms with Gasteiger partial charge in [-0.15, -0.1) is 0 Å². The lowest BCUT2D eigenvalue weighted by molar-refractivity contribution is 0.0982. The van der Waals surface area contributed by atoms with Gasteiger partial charge in [0.15, 0.2) is 15.8 Å². The lowest BCUT2D eigenvalue weighted by Gasteiger charge is -2.41. The second-order valence-corrected chi connectivity index (χ2v) is 9.66. The number of sulfone groups is 1. The molecule has 2 aliphatic rings. The average molecular weight is 345 g/mol. The lowest BCUT2D eigenvalue weighted by Crippen LogP contribution is -2.55. The molecule has 0 amide bonds. The molecule has 2 fully saturated rings. The Kier molecular flexibility index (Phi) is 6.31. The first kappa shape index (κ1) is 18.5. The minimum Gasteiger partial charge on any atom is -0.356 e. The highest BCUT2D eigenvalue weighted by Gasteiger charge is 2.29. The van der Waals surface area contributed by atoms with Crippen molar-refractivity contribution < 1.29 is 8.42 Å². The number of hydrogen-bond donors (Lipinski definition) is 2. The predicted molar refractivity (Wildman–Crippen MR) is 95.6 cm³/mol. The summed E-state index contributed by atoms with van der Waals surface area (Å²) in [6.07, 6.45) is 4.66. The van der Waals surface area contributed by atoms with E-state index in [4.69, 9.17) is 0 Å². The standard InChI is InChI=1S/C16H32N4O2S/c1-16(2,20-8-5-4-6-9-20)13-19-15(17-3)18-11-14-7-10-23(21,22)12-14/h14H,4-13H2,1-3H3,(H2,17,18,19). The van der Waals surface area contributed by atoms with E-state index in [-0.39, 0.29) is 11.5 Å². The van der Waals surface area contributed by atoms with Crippen LogP contribution in [0, 0.1) is 5.92 Å². The smallest absolute Gasteiger partial charge is 0.191 e. The molecule has 0 bridgehead atoms. The second-order valence-electron chi connectivity index (χ2n) is 7.44. The Morgan fingerprint density at radius 3 is 2.48 bits per heavy atom. The van der Waals surface area contributed by atoms with Crippen molar-refractivity contribution >= 4 is 15.8 Å². The second kappa shape index (κ2) is 7.83. The number of nitrogens with one attached hydrogen (secondary N) is 2. The summed E-state index contributed by atoms with van der Waals surface area (Å²) in [7, 11) is -1.05. The van der Waals surface area contributed by atoms with E-state index in [1.54, 1.807) is 7.05 Å². The van der Waals surface area contributed by atoms with Gasteiger partial charge in [0.1, 0.15) is 0 Å². The van der Waals surface area contributed by atoms with Crippen molar-refractivity contribution in [1.82, 2.24) is 15.5 Å². The molecular formula is C16H32N4O2S. The molecule has 0 saturated carbocycles. The number of aliphatic imine (C=N–C) groups is 1. The monoisotopic (exact) mass is 344 g/mol. The Hall–Kier alpha value is -0.820. The summed E-state index contributed by atoms with van der Waals surface area (Å²) in [5.74, 6) is 1.59. The first-order valence-corrected chi connectivity index (χ1v) is 10.5. The number of rotatable bonds is 5. The van der Waals surface area contributed by atoms with Gasteiger partial charge in [0.25, 0.3) is 0 Å². The van der Waals surface area contributed by atoms with E-state index >= 15 is 0 Å². The highest BCUT2D eigenvalue weighted by molar-refractivity contribution is 7.91. The summed E-state index contributed by atoms with van der Waals surface area (Å²) in [6, 6.07) is 0. The van der Waals surface area contributed by atoms with E-state index in [0.29, 0.717) is 18.1 Å². The zero-order valence-corrected chi connectivity index (χ0v) is 15.6. The third kappa shape index (κ3) is 5.64. The van der Waals surface area contributed by atoms with Gasteiger partial charge in [0.05, 0.1) is 11.5 Å². The normalized spacial score (nSPS) is 26.2. The Labute approximate surface area is 141 Å². The van der Waals surface area contributed by atoms with Crippen molar-refractivity contribution in [2.45, 2.75) is 45.1 Å². The Morgan fingerprint density at radius 1 is 1.22 bits per heavy atom. The zero-order chi connectivity index (χ0) is 16.9. The molecule has 0 aromatic carbocycles. The van der Waals surface area contributed by atoms with E-state index < -0.39 is 9.84 Å². The quantitative estimate of drug-likeness (QED) is 0.571. The van der Waals surface area contributed by atoms with Crippen LogP contribution in [0.2, 0.25) is 0 Å². The van der Waals surface area contributed by atoms with E-state index in [1.807, 2.05) is 0 Å². The van der Waals surface area contributed by atoms with Gasteiger partial charge in [-0.3, -0.25) is 9.89 Å². The van der Waals surface area contributed by atoms with Crippen LogP contribution in [0.4, 0.5) is 0 Å². The number of guanidine groups is 1. The van der Waals surface area contributed by atoms with Crippen LogP contribution in [0.15, 0.2) is 4.99 Å². The summed E-state index contributed by atoms with van der Waals surface area (Å²) in [6.45, 7) is 8.37. The first-order valence-electron chi connectivity index (χ1n) is 8.72. The first-order chi connectivity index (χ1) is 10.8. The highest BCUT2D eigenvalue weighted by Crippen LogP contribution is 2.20. The zero-order valence-electron chi connectivity index (χ0n) is 14.8. The van der Waals surface area contributed by atoms with E-state index in [1.165, 1.54) is 32.4 Å². The molecule has 134 valence electrons. The van der Waals surface area contributed by atoms with Gasteiger partial charge in [0.2, 0.25) is 0 Å². The summed E-state index contributed by atoms with van der Waals surface area (Å²) in [4.78, 5) is 6.80. The molecule has 23 heavy (non-hydrogen) atoms. The highest BCUT2D eigenvalue weighted by atomic mass is 32.2. The molecular weight excluding hydrogens is 312 g/mol. The van der Waals surface area contributed by atoms with E-state index in [2.05, 4.69) is 34.4 Å². The summed E-state index contributed by atoms with van der Waals surface area (Å²) in [5.41, 5.74) is 0.0920. The third-order valence-electron chi connectivity index (χ3n) is 5.01. The van der Waals surface area contributed by atoms with Crippen molar-refractivity contribution in [3.05, 3.63) is 0 Å². The Bertz CT molecular complexity index is 510. The van der Waals surface area contributed by atoms with Crippen LogP contribution in [0.3, 0.4) is 0 Å². The van der Waals surface area contributed by atoms with Crippen LogP contribution >= 0.6 is 0 Å². The maximum Gasteiger partial charge on any atom is 0.191 e. The van der Waals surface area contributed by atoms with Gasteiger partial charge in [-0.25, -0.2) is 8.42 Å². The largest absolute Gasteiger partial charge is 0.356 e. The van der Waals surface area contributed by atoms with Crippen molar-refractivity contribution in [3.63, 3.8) is 0 Å². The number of hydrogen-bond acceptors (Lipinski definition) is 4. The third-order valence-corrected chi connectivity index (χ3v) is 6.85. The van der Waals surface area contributed by atoms with Gasteiger partial charge in [-0.2, -0.15) is 0 Å². The lowest BCUT2D eigenvalue weighted by atomic mass is 9.98. The topological polar surface area (TPSA) is 73.8 Å². The summed E-state index contributed by atoms with van der Waals surface area (Å²) < 4.78 is 23.0. The van der Waals surface area contributed by atoms with Gasteiger partial charge < -0.3 is 10.6 Å². The van der Waals surface area contributed by atoms with Gasteiger partial charge in [0, 0.05) is 25.7 Å². The van der Waals surface area contributed by atoms with Crippen LogP contribution in [-0.4, -0.2) is 69.5 Å². The molecule has 7 heteroatoms. The minimum absolute atomic E-state index is 0.0920. The molecule has 0 spiro atoms. The molecule has 1 atom stereocenters. The molecule has 0 aromatic heterocycles. The number of likely N-dealkylation sites (tertiary alicyclic amines) is 1. The van der Waals surface area contributed by atoms with Gasteiger partial charge in [-0.1, -0.05) is 6.42 Å². The maximum absolute atomic E-state index is 11.5. The van der Waals surface area contributed by atoms with Crippen LogP contribution in [0.1, 0.15) is 39.5 Å². The SMILES string of the molecule is CN=C(NCC1CCS(=O)(=O)C1)NCC(C)(C)N1CCCCC1. The average Bonchev–Trinajstić information content (AvgIpc) is 2.87. The van der Waals surface area contributed by atoms with Crippen molar-refractivity contribution in [1.29, 1.82) is 0 Å². The molecule has 0 radical (unpaired) electrons. The number of nitrogens with zero attached hydrogens (tertiary/aromatic N) is 2. The van der Waals surface area contributed by atoms with Crippen molar-refractivity contribution in [3.8, 4) is 0 Å². The van der Waals surface area contributed by atoms with E-state index in [0.717, 1.165) is 18.9 Å². The Balaban J connectivity index is 1.76. The predicted octanol–water partition coefficient (Wildman–Crippen LogP) is 0.851. The Morgan fingerprint density at radius 2 is 1.91 bits per heavy atom. The van der Waals surface area contributed by atoms with Crippen molar-refractivity contribution in [2.24, 2.45) is 10.9 Å². The maximum atomic E-state index is 11.5. The fourth-order valence-corrected chi connectivity index (χ4v) is 5.27. The van der Waals surface area contributed by atoms with Gasteiger partial charge in [-0.05, 0) is 52.1 Å². The summed E-state index contributed by atoms with van der Waals surface area (Å²) in [5, 5.41) is 6.68. The van der Waals surface area contributed by atoms with Crippen LogP contribution in [0.5, 0.6) is 0 Å².